The summed E-state index contributed by atoms with van der Waals surface area (Å²) in [6.07, 6.45) is -3.21. The van der Waals surface area contributed by atoms with Gasteiger partial charge in [0, 0.05) is 19.3 Å². The highest BCUT2D eigenvalue weighted by Crippen LogP contribution is 2.27. The number of nitrogens with zero attached hydrogens (tertiary/aromatic N) is 2. The summed E-state index contributed by atoms with van der Waals surface area (Å²) in [7, 11) is 0. The van der Waals surface area contributed by atoms with Gasteiger partial charge in [0.1, 0.15) is 23.9 Å². The van der Waals surface area contributed by atoms with E-state index in [1.807, 2.05) is 30.3 Å². The largest absolute Gasteiger partial charge is 0.491 e. The lowest BCUT2D eigenvalue weighted by molar-refractivity contribution is -0.141. The number of amides is 4. The van der Waals surface area contributed by atoms with Crippen LogP contribution in [-0.2, 0) is 33.5 Å². The van der Waals surface area contributed by atoms with Crippen molar-refractivity contribution in [3.05, 3.63) is 83.7 Å². The molecule has 11 nitrogen and oxygen atoms in total. The Hall–Kier alpha value is -4.88. The van der Waals surface area contributed by atoms with E-state index < -0.39 is 59.5 Å². The fraction of sp³-hybridized carbons (Fsp3) is 0.387. The van der Waals surface area contributed by atoms with Crippen molar-refractivity contribution in [3.8, 4) is 5.75 Å². The third kappa shape index (κ3) is 9.30. The number of benzene rings is 2. The lowest BCUT2D eigenvalue weighted by Gasteiger charge is -2.30. The minimum absolute atomic E-state index is 0.0135. The summed E-state index contributed by atoms with van der Waals surface area (Å²) in [6.45, 7) is 3.18. The van der Waals surface area contributed by atoms with E-state index in [1.54, 1.807) is 18.2 Å². The van der Waals surface area contributed by atoms with Gasteiger partial charge < -0.3 is 26.0 Å². The molecule has 0 bridgehead atoms. The molecule has 0 radical (unpaired) electrons. The van der Waals surface area contributed by atoms with Crippen molar-refractivity contribution in [3.63, 3.8) is 0 Å². The van der Waals surface area contributed by atoms with Crippen LogP contribution in [0.2, 0.25) is 0 Å². The van der Waals surface area contributed by atoms with E-state index >= 15 is 0 Å². The smallest absolute Gasteiger partial charge is 0.435 e. The predicted octanol–water partition coefficient (Wildman–Crippen LogP) is 2.61. The highest BCUT2D eigenvalue weighted by molar-refractivity contribution is 6.01. The Bertz CT molecular complexity index is 1510. The highest BCUT2D eigenvalue weighted by Gasteiger charge is 2.35. The van der Waals surface area contributed by atoms with Gasteiger partial charge in [-0.1, -0.05) is 42.5 Å². The summed E-state index contributed by atoms with van der Waals surface area (Å²) >= 11 is 0. The van der Waals surface area contributed by atoms with E-state index in [0.29, 0.717) is 6.42 Å². The second kappa shape index (κ2) is 14.3. The number of aromatic nitrogens is 2. The van der Waals surface area contributed by atoms with Crippen molar-refractivity contribution in [2.75, 3.05) is 13.2 Å². The molecule has 4 amide bonds. The SMILES string of the molecule is CC1(C)NC(=O)C[C@@H](C(=O)NCCCn2ccc(C(F)(F)F)n2)NC(=O)c2ccccc2OC[C@@H](Cc2ccccc2)NC1=O. The van der Waals surface area contributed by atoms with E-state index in [0.717, 1.165) is 16.3 Å². The van der Waals surface area contributed by atoms with Crippen LogP contribution in [0.5, 0.6) is 5.75 Å². The van der Waals surface area contributed by atoms with Gasteiger partial charge in [-0.2, -0.15) is 18.3 Å². The normalized spacial score (nSPS) is 19.2. The van der Waals surface area contributed by atoms with Crippen LogP contribution in [0.4, 0.5) is 13.2 Å². The lowest BCUT2D eigenvalue weighted by atomic mass is 10.0. The van der Waals surface area contributed by atoms with Gasteiger partial charge in [0.25, 0.3) is 5.91 Å². The molecular formula is C31H35F3N6O5. The zero-order valence-corrected chi connectivity index (χ0v) is 24.8. The summed E-state index contributed by atoms with van der Waals surface area (Å²) in [5.74, 6) is -2.25. The van der Waals surface area contributed by atoms with Crippen molar-refractivity contribution in [1.82, 2.24) is 31.0 Å². The van der Waals surface area contributed by atoms with Gasteiger partial charge in [0.05, 0.1) is 18.0 Å². The molecular weight excluding hydrogens is 593 g/mol. The third-order valence-corrected chi connectivity index (χ3v) is 7.06. The number of ether oxygens (including phenoxy) is 1. The van der Waals surface area contributed by atoms with Crippen LogP contribution in [0.3, 0.4) is 0 Å². The van der Waals surface area contributed by atoms with Gasteiger partial charge in [0.2, 0.25) is 17.7 Å². The number of aryl methyl sites for hydroxylation is 1. The van der Waals surface area contributed by atoms with Crippen LogP contribution in [0, 0.1) is 0 Å². The van der Waals surface area contributed by atoms with Gasteiger partial charge in [-0.3, -0.25) is 23.9 Å². The predicted molar refractivity (Wildman–Crippen MR) is 157 cm³/mol. The van der Waals surface area contributed by atoms with Crippen LogP contribution in [-0.4, -0.2) is 64.2 Å². The fourth-order valence-corrected chi connectivity index (χ4v) is 4.69. The molecule has 1 aliphatic rings. The molecule has 2 heterocycles. The van der Waals surface area contributed by atoms with Gasteiger partial charge in [-0.05, 0) is 50.5 Å². The number of rotatable bonds is 7. The molecule has 0 aliphatic carbocycles. The summed E-state index contributed by atoms with van der Waals surface area (Å²) < 4.78 is 45.5. The molecule has 2 aromatic carbocycles. The average molecular weight is 629 g/mol. The van der Waals surface area contributed by atoms with Crippen molar-refractivity contribution in [2.24, 2.45) is 0 Å². The summed E-state index contributed by atoms with van der Waals surface area (Å²) in [6, 6.07) is 14.9. The molecule has 4 N–H and O–H groups in total. The van der Waals surface area contributed by atoms with Crippen molar-refractivity contribution in [1.29, 1.82) is 0 Å². The van der Waals surface area contributed by atoms with E-state index in [2.05, 4.69) is 26.4 Å². The van der Waals surface area contributed by atoms with Crippen LogP contribution >= 0.6 is 0 Å². The molecule has 0 spiro atoms. The van der Waals surface area contributed by atoms with Crippen molar-refractivity contribution < 1.29 is 37.1 Å². The van der Waals surface area contributed by atoms with Gasteiger partial charge in [-0.15, -0.1) is 0 Å². The maximum Gasteiger partial charge on any atom is 0.435 e. The number of nitrogens with one attached hydrogen (secondary N) is 4. The molecule has 3 aromatic rings. The number of alkyl halides is 3. The standard InChI is InChI=1S/C31H35F3N6O5/c1-30(2)29(44)36-21(17-20-9-4-3-5-10-20)19-45-24-12-7-6-11-22(24)27(42)37-23(18-26(41)38-30)28(43)35-14-8-15-40-16-13-25(39-40)31(32,33)34/h3-7,9-13,16,21,23H,8,14-15,17-19H2,1-2H3,(H,35,43)(H,36,44)(H,37,42)(H,38,41)/t21-,23+/m1/s1. The minimum atomic E-state index is -4.56. The van der Waals surface area contributed by atoms with E-state index in [1.165, 1.54) is 26.1 Å². The van der Waals surface area contributed by atoms with E-state index in [9.17, 15) is 32.3 Å². The van der Waals surface area contributed by atoms with E-state index in [-0.39, 0.29) is 37.4 Å². The number of carbonyl (C=O) groups excluding carboxylic acids is 4. The molecule has 4 rings (SSSR count). The molecule has 0 unspecified atom stereocenters. The Morgan fingerprint density at radius 2 is 1.76 bits per heavy atom. The average Bonchev–Trinajstić information content (AvgIpc) is 3.47. The maximum absolute atomic E-state index is 13.4. The fourth-order valence-electron chi connectivity index (χ4n) is 4.69. The first-order valence-electron chi connectivity index (χ1n) is 14.4. The van der Waals surface area contributed by atoms with Crippen molar-refractivity contribution >= 4 is 23.6 Å². The first-order chi connectivity index (χ1) is 21.3. The molecule has 45 heavy (non-hydrogen) atoms. The zero-order chi connectivity index (χ0) is 32.6. The molecule has 0 saturated carbocycles. The Morgan fingerprint density at radius 1 is 1.04 bits per heavy atom. The van der Waals surface area contributed by atoms with Gasteiger partial charge in [0.15, 0.2) is 5.69 Å². The zero-order valence-electron chi connectivity index (χ0n) is 24.8. The first kappa shape index (κ1) is 33.0. The Labute approximate surface area is 257 Å². The third-order valence-electron chi connectivity index (χ3n) is 7.06. The quantitative estimate of drug-likeness (QED) is 0.297. The van der Waals surface area contributed by atoms with Crippen LogP contribution in [0.1, 0.15) is 48.3 Å². The number of fused-ring (bicyclic) bond motifs is 1. The highest BCUT2D eigenvalue weighted by atomic mass is 19.4. The Morgan fingerprint density at radius 3 is 2.47 bits per heavy atom. The molecule has 0 saturated heterocycles. The molecule has 2 atom stereocenters. The minimum Gasteiger partial charge on any atom is -0.491 e. The maximum atomic E-state index is 13.4. The summed E-state index contributed by atoms with van der Waals surface area (Å²) in [5.41, 5.74) is -1.33. The number of hydrogen-bond acceptors (Lipinski definition) is 6. The molecule has 0 fully saturated rings. The Kier molecular flexibility index (Phi) is 10.5. The lowest BCUT2D eigenvalue weighted by Crippen LogP contribution is -2.59. The van der Waals surface area contributed by atoms with E-state index in [4.69, 9.17) is 4.74 Å². The molecule has 1 aliphatic heterocycles. The van der Waals surface area contributed by atoms with Crippen LogP contribution in [0.15, 0.2) is 66.9 Å². The van der Waals surface area contributed by atoms with Crippen LogP contribution < -0.4 is 26.0 Å². The number of carbonyl (C=O) groups is 4. The summed E-state index contributed by atoms with van der Waals surface area (Å²) in [5, 5.41) is 14.2. The monoisotopic (exact) mass is 628 g/mol. The second-order valence-corrected chi connectivity index (χ2v) is 11.2. The van der Waals surface area contributed by atoms with Crippen molar-refractivity contribution in [2.45, 2.75) is 63.5 Å². The molecule has 14 heteroatoms. The molecule has 240 valence electrons. The van der Waals surface area contributed by atoms with Gasteiger partial charge in [-0.25, -0.2) is 0 Å². The Balaban J connectivity index is 1.49. The second-order valence-electron chi connectivity index (χ2n) is 11.2. The number of hydrogen-bond donors (Lipinski definition) is 4. The topological polar surface area (TPSA) is 143 Å². The summed E-state index contributed by atoms with van der Waals surface area (Å²) in [4.78, 5) is 52.9. The number of para-hydroxylation sites is 1. The first-order valence-corrected chi connectivity index (χ1v) is 14.4. The number of halogens is 3. The van der Waals surface area contributed by atoms with Crippen LogP contribution in [0.25, 0.3) is 0 Å². The molecule has 1 aromatic heterocycles. The van der Waals surface area contributed by atoms with Gasteiger partial charge >= 0.3 is 6.18 Å².